The molecule has 1 aliphatic heterocycles. The molecule has 2 aromatic rings. The number of aliphatic imine (C=N–C) groups is 1. The van der Waals surface area contributed by atoms with Gasteiger partial charge >= 0.3 is 0 Å². The van der Waals surface area contributed by atoms with Crippen LogP contribution in [-0.2, 0) is 4.79 Å². The van der Waals surface area contributed by atoms with Crippen molar-refractivity contribution < 1.29 is 9.53 Å². The zero-order chi connectivity index (χ0) is 17.6. The molecule has 0 radical (unpaired) electrons. The molecule has 0 aliphatic carbocycles. The van der Waals surface area contributed by atoms with E-state index in [4.69, 9.17) is 4.74 Å². The first kappa shape index (κ1) is 17.3. The molecule has 2 aromatic carbocycles. The topological polar surface area (TPSA) is 41.9 Å². The zero-order valence-electron chi connectivity index (χ0n) is 14.3. The van der Waals surface area contributed by atoms with Crippen LogP contribution in [0.1, 0.15) is 19.4 Å². The van der Waals surface area contributed by atoms with Gasteiger partial charge in [-0.2, -0.15) is 0 Å². The molecule has 0 saturated carbocycles. The fourth-order valence-corrected chi connectivity index (χ4v) is 3.25. The minimum atomic E-state index is -0.107. The van der Waals surface area contributed by atoms with Crippen molar-refractivity contribution >= 4 is 34.6 Å². The van der Waals surface area contributed by atoms with Crippen LogP contribution in [0, 0.1) is 0 Å². The summed E-state index contributed by atoms with van der Waals surface area (Å²) < 4.78 is 5.47. The van der Waals surface area contributed by atoms with Crippen molar-refractivity contribution in [1.29, 1.82) is 0 Å². The molecule has 0 N–H and O–H groups in total. The van der Waals surface area contributed by atoms with E-state index in [2.05, 4.69) is 4.99 Å². The van der Waals surface area contributed by atoms with Gasteiger partial charge in [0.25, 0.3) is 5.91 Å². The third-order valence-corrected chi connectivity index (χ3v) is 4.43. The van der Waals surface area contributed by atoms with Gasteiger partial charge in [-0.05, 0) is 48.6 Å². The highest BCUT2D eigenvalue weighted by Crippen LogP contribution is 2.30. The molecule has 0 aromatic heterocycles. The molecular formula is C20H20N2O2S. The summed E-state index contributed by atoms with van der Waals surface area (Å²) in [5.41, 5.74) is 2.21. The highest BCUT2D eigenvalue weighted by Gasteiger charge is 2.31. The predicted octanol–water partition coefficient (Wildman–Crippen LogP) is 4.58. The van der Waals surface area contributed by atoms with Crippen molar-refractivity contribution in [2.75, 3.05) is 17.3 Å². The summed E-state index contributed by atoms with van der Waals surface area (Å²) in [5.74, 6) is 1.53. The Balaban J connectivity index is 1.92. The van der Waals surface area contributed by atoms with Crippen LogP contribution in [0.4, 0.5) is 5.69 Å². The highest BCUT2D eigenvalue weighted by molar-refractivity contribution is 8.14. The second-order valence-electron chi connectivity index (χ2n) is 5.34. The van der Waals surface area contributed by atoms with E-state index in [0.29, 0.717) is 17.5 Å². The number of carbonyl (C=O) groups is 1. The van der Waals surface area contributed by atoms with Gasteiger partial charge in [-0.15, -0.1) is 0 Å². The molecular weight excluding hydrogens is 332 g/mol. The van der Waals surface area contributed by atoms with E-state index in [1.165, 1.54) is 0 Å². The lowest BCUT2D eigenvalue weighted by molar-refractivity contribution is -0.113. The van der Waals surface area contributed by atoms with E-state index in [-0.39, 0.29) is 5.91 Å². The number of anilines is 1. The van der Waals surface area contributed by atoms with Gasteiger partial charge in [-0.3, -0.25) is 9.69 Å². The Bertz CT molecular complexity index is 798. The number of benzene rings is 2. The van der Waals surface area contributed by atoms with E-state index in [1.807, 2.05) is 74.5 Å². The number of thioether (sulfide) groups is 1. The summed E-state index contributed by atoms with van der Waals surface area (Å²) in [6.45, 7) is 4.61. The highest BCUT2D eigenvalue weighted by atomic mass is 32.2. The van der Waals surface area contributed by atoms with Gasteiger partial charge in [0.05, 0.1) is 12.3 Å². The Labute approximate surface area is 152 Å². The molecule has 4 nitrogen and oxygen atoms in total. The van der Waals surface area contributed by atoms with E-state index in [0.717, 1.165) is 22.8 Å². The molecule has 0 atom stereocenters. The maximum absolute atomic E-state index is 12.9. The number of nitrogens with zero attached hydrogens (tertiary/aromatic N) is 2. The molecule has 0 unspecified atom stereocenters. The van der Waals surface area contributed by atoms with Crippen molar-refractivity contribution in [3.8, 4) is 5.75 Å². The summed E-state index contributed by atoms with van der Waals surface area (Å²) in [5, 5.41) is 0.707. The maximum Gasteiger partial charge on any atom is 0.283 e. The molecule has 3 rings (SSSR count). The lowest BCUT2D eigenvalue weighted by atomic mass is 10.2. The van der Waals surface area contributed by atoms with Gasteiger partial charge in [-0.25, -0.2) is 4.99 Å². The number of amidine groups is 1. The number of rotatable bonds is 5. The molecule has 0 fully saturated rings. The molecule has 0 spiro atoms. The number of ether oxygens (including phenoxy) is 1. The van der Waals surface area contributed by atoms with Crippen LogP contribution in [0.3, 0.4) is 0 Å². The maximum atomic E-state index is 12.9. The van der Waals surface area contributed by atoms with Gasteiger partial charge in [0.1, 0.15) is 11.4 Å². The Morgan fingerprint density at radius 1 is 1.08 bits per heavy atom. The molecule has 0 bridgehead atoms. The Morgan fingerprint density at radius 2 is 1.80 bits per heavy atom. The van der Waals surface area contributed by atoms with Crippen molar-refractivity contribution in [3.05, 3.63) is 65.9 Å². The lowest BCUT2D eigenvalue weighted by Gasteiger charge is -2.17. The molecule has 1 aliphatic rings. The minimum absolute atomic E-state index is 0.107. The first-order chi connectivity index (χ1) is 12.2. The van der Waals surface area contributed by atoms with Gasteiger partial charge in [0.2, 0.25) is 0 Å². The number of hydrogen-bond acceptors (Lipinski definition) is 4. The number of carbonyl (C=O) groups excluding carboxylic acids is 1. The van der Waals surface area contributed by atoms with Crippen LogP contribution < -0.4 is 9.64 Å². The van der Waals surface area contributed by atoms with Crippen LogP contribution in [0.2, 0.25) is 0 Å². The first-order valence-corrected chi connectivity index (χ1v) is 9.27. The fraction of sp³-hybridized carbons (Fsp3) is 0.200. The quantitative estimate of drug-likeness (QED) is 0.740. The lowest BCUT2D eigenvalue weighted by Crippen LogP contribution is -2.30. The normalized spacial score (nSPS) is 15.6. The molecule has 1 amide bonds. The fourth-order valence-electron chi connectivity index (χ4n) is 2.52. The van der Waals surface area contributed by atoms with E-state index < -0.39 is 0 Å². The smallest absolute Gasteiger partial charge is 0.283 e. The average molecular weight is 352 g/mol. The molecule has 1 heterocycles. The van der Waals surface area contributed by atoms with Crippen molar-refractivity contribution in [1.82, 2.24) is 0 Å². The van der Waals surface area contributed by atoms with Gasteiger partial charge in [0, 0.05) is 0 Å². The second-order valence-corrected chi connectivity index (χ2v) is 6.57. The van der Waals surface area contributed by atoms with Crippen LogP contribution >= 0.6 is 11.8 Å². The summed E-state index contributed by atoms with van der Waals surface area (Å²) in [6.07, 6.45) is 1.83. The first-order valence-electron chi connectivity index (χ1n) is 8.28. The molecule has 5 heteroatoms. The van der Waals surface area contributed by atoms with Gasteiger partial charge in [-0.1, -0.05) is 49.0 Å². The summed E-state index contributed by atoms with van der Waals surface area (Å²) in [6, 6.07) is 17.3. The number of hydrogen-bond donors (Lipinski definition) is 0. The largest absolute Gasteiger partial charge is 0.494 e. The summed E-state index contributed by atoms with van der Waals surface area (Å²) in [7, 11) is 0. The molecule has 0 saturated heterocycles. The molecule has 25 heavy (non-hydrogen) atoms. The summed E-state index contributed by atoms with van der Waals surface area (Å²) in [4.78, 5) is 19.1. The van der Waals surface area contributed by atoms with Crippen LogP contribution in [0.25, 0.3) is 6.08 Å². The standard InChI is InChI=1S/C20H20N2O2S/c1-3-24-17-12-10-16(11-13-17)22-19(23)18(21-20(22)25-4-2)14-15-8-6-5-7-9-15/h5-14H,3-4H2,1-2H3. The van der Waals surface area contributed by atoms with Crippen LogP contribution in [0.15, 0.2) is 65.3 Å². The van der Waals surface area contributed by atoms with E-state index in [9.17, 15) is 4.79 Å². The zero-order valence-corrected chi connectivity index (χ0v) is 15.1. The van der Waals surface area contributed by atoms with Crippen LogP contribution in [0.5, 0.6) is 5.75 Å². The van der Waals surface area contributed by atoms with Crippen molar-refractivity contribution in [2.45, 2.75) is 13.8 Å². The van der Waals surface area contributed by atoms with E-state index >= 15 is 0 Å². The number of amides is 1. The average Bonchev–Trinajstić information content (AvgIpc) is 2.93. The Kier molecular flexibility index (Phi) is 5.56. The van der Waals surface area contributed by atoms with Gasteiger partial charge < -0.3 is 4.74 Å². The van der Waals surface area contributed by atoms with Crippen molar-refractivity contribution in [3.63, 3.8) is 0 Å². The predicted molar refractivity (Wildman–Crippen MR) is 105 cm³/mol. The monoisotopic (exact) mass is 352 g/mol. The summed E-state index contributed by atoms with van der Waals surface area (Å²) >= 11 is 1.56. The Morgan fingerprint density at radius 3 is 2.44 bits per heavy atom. The van der Waals surface area contributed by atoms with Gasteiger partial charge in [0.15, 0.2) is 5.17 Å². The SMILES string of the molecule is CCOc1ccc(N2C(=O)C(=Cc3ccccc3)N=C2SCC)cc1. The Hall–Kier alpha value is -2.53. The van der Waals surface area contributed by atoms with E-state index in [1.54, 1.807) is 16.7 Å². The minimum Gasteiger partial charge on any atom is -0.494 e. The van der Waals surface area contributed by atoms with Crippen molar-refractivity contribution in [2.24, 2.45) is 4.99 Å². The second kappa shape index (κ2) is 8.03. The van der Waals surface area contributed by atoms with Crippen LogP contribution in [-0.4, -0.2) is 23.4 Å². The molecule has 128 valence electrons. The third-order valence-electron chi connectivity index (χ3n) is 3.61. The third kappa shape index (κ3) is 3.94.